The number of nitrogens with zero attached hydrogens (tertiary/aromatic N) is 3. The maximum atomic E-state index is 12.5. The molecule has 5 nitrogen and oxygen atoms in total. The smallest absolute Gasteiger partial charge is 0.274 e. The van der Waals surface area contributed by atoms with Gasteiger partial charge in [-0.15, -0.1) is 12.4 Å². The Morgan fingerprint density at radius 3 is 2.55 bits per heavy atom. The normalized spacial score (nSPS) is 16.0. The number of likely N-dealkylation sites (tertiary alicyclic amines) is 1. The minimum atomic E-state index is 0. The van der Waals surface area contributed by atoms with Crippen LogP contribution in [0.15, 0.2) is 6.07 Å². The third-order valence-corrected chi connectivity index (χ3v) is 4.43. The second-order valence-electron chi connectivity index (χ2n) is 6.36. The van der Waals surface area contributed by atoms with Gasteiger partial charge >= 0.3 is 0 Å². The molecule has 2 rings (SSSR count). The molecule has 2 heterocycles. The van der Waals surface area contributed by atoms with Crippen LogP contribution in [0.2, 0.25) is 0 Å². The van der Waals surface area contributed by atoms with E-state index in [1.165, 1.54) is 6.42 Å². The SMILES string of the molecule is CNCCC1CCN(C(=O)c2cc(C(C)C)n(C)n2)CC1.Cl. The molecule has 1 aliphatic heterocycles. The molecule has 6 heteroatoms. The third-order valence-electron chi connectivity index (χ3n) is 4.43. The Morgan fingerprint density at radius 1 is 1.41 bits per heavy atom. The van der Waals surface area contributed by atoms with Gasteiger partial charge in [0, 0.05) is 25.8 Å². The van der Waals surface area contributed by atoms with Crippen molar-refractivity contribution in [2.45, 2.75) is 39.0 Å². The van der Waals surface area contributed by atoms with Crippen molar-refractivity contribution in [3.05, 3.63) is 17.5 Å². The van der Waals surface area contributed by atoms with Gasteiger partial charge in [-0.3, -0.25) is 9.48 Å². The van der Waals surface area contributed by atoms with E-state index >= 15 is 0 Å². The average molecular weight is 329 g/mol. The minimum absolute atomic E-state index is 0. The van der Waals surface area contributed by atoms with E-state index in [4.69, 9.17) is 0 Å². The Labute approximate surface area is 139 Å². The van der Waals surface area contributed by atoms with Crippen LogP contribution in [-0.4, -0.2) is 47.3 Å². The molecule has 22 heavy (non-hydrogen) atoms. The molecule has 0 atom stereocenters. The molecule has 1 fully saturated rings. The number of carbonyl (C=O) groups excluding carboxylic acids is 1. The van der Waals surface area contributed by atoms with Crippen molar-refractivity contribution in [1.29, 1.82) is 0 Å². The molecule has 0 radical (unpaired) electrons. The van der Waals surface area contributed by atoms with Crippen LogP contribution in [0.5, 0.6) is 0 Å². The zero-order valence-corrected chi connectivity index (χ0v) is 14.9. The lowest BCUT2D eigenvalue weighted by Gasteiger charge is -2.31. The molecule has 126 valence electrons. The molecule has 1 amide bonds. The maximum Gasteiger partial charge on any atom is 0.274 e. The van der Waals surface area contributed by atoms with Crippen LogP contribution in [0.25, 0.3) is 0 Å². The van der Waals surface area contributed by atoms with E-state index < -0.39 is 0 Å². The highest BCUT2D eigenvalue weighted by molar-refractivity contribution is 5.92. The summed E-state index contributed by atoms with van der Waals surface area (Å²) in [6, 6.07) is 1.94. The molecule has 1 saturated heterocycles. The summed E-state index contributed by atoms with van der Waals surface area (Å²) in [6.45, 7) is 7.04. The monoisotopic (exact) mass is 328 g/mol. The van der Waals surface area contributed by atoms with E-state index in [1.807, 2.05) is 29.7 Å². The van der Waals surface area contributed by atoms with Crippen molar-refractivity contribution in [2.75, 3.05) is 26.7 Å². The third kappa shape index (κ3) is 4.46. The Hall–Kier alpha value is -1.07. The highest BCUT2D eigenvalue weighted by atomic mass is 35.5. The van der Waals surface area contributed by atoms with Gasteiger partial charge in [-0.05, 0) is 50.8 Å². The zero-order valence-electron chi connectivity index (χ0n) is 14.1. The molecule has 0 aromatic carbocycles. The Kier molecular flexibility index (Phi) is 7.36. The fourth-order valence-corrected chi connectivity index (χ4v) is 3.06. The van der Waals surface area contributed by atoms with Gasteiger partial charge in [0.05, 0.1) is 0 Å². The van der Waals surface area contributed by atoms with Gasteiger partial charge in [-0.2, -0.15) is 5.10 Å². The first-order valence-electron chi connectivity index (χ1n) is 8.00. The summed E-state index contributed by atoms with van der Waals surface area (Å²) in [4.78, 5) is 14.5. The molecule has 0 unspecified atom stereocenters. The summed E-state index contributed by atoms with van der Waals surface area (Å²) in [7, 11) is 3.90. The number of halogens is 1. The zero-order chi connectivity index (χ0) is 15.4. The fraction of sp³-hybridized carbons (Fsp3) is 0.750. The van der Waals surface area contributed by atoms with E-state index in [9.17, 15) is 4.79 Å². The minimum Gasteiger partial charge on any atom is -0.337 e. The van der Waals surface area contributed by atoms with Crippen LogP contribution in [0.1, 0.15) is 55.2 Å². The lowest BCUT2D eigenvalue weighted by atomic mass is 9.93. The van der Waals surface area contributed by atoms with Gasteiger partial charge in [-0.1, -0.05) is 13.8 Å². The molecule has 0 saturated carbocycles. The number of rotatable bonds is 5. The molecule has 0 bridgehead atoms. The number of amides is 1. The number of hydrogen-bond donors (Lipinski definition) is 1. The second-order valence-corrected chi connectivity index (χ2v) is 6.36. The highest BCUT2D eigenvalue weighted by Gasteiger charge is 2.25. The first kappa shape index (κ1) is 19.0. The van der Waals surface area contributed by atoms with Crippen LogP contribution in [-0.2, 0) is 7.05 Å². The van der Waals surface area contributed by atoms with Gasteiger partial charge in [-0.25, -0.2) is 0 Å². The molecule has 0 aliphatic carbocycles. The number of nitrogens with one attached hydrogen (secondary N) is 1. The van der Waals surface area contributed by atoms with Crippen LogP contribution in [0.3, 0.4) is 0 Å². The number of aryl methyl sites for hydroxylation is 1. The van der Waals surface area contributed by atoms with Crippen molar-refractivity contribution in [1.82, 2.24) is 20.0 Å². The van der Waals surface area contributed by atoms with Crippen LogP contribution in [0.4, 0.5) is 0 Å². The first-order valence-corrected chi connectivity index (χ1v) is 8.00. The van der Waals surface area contributed by atoms with Crippen LogP contribution in [0, 0.1) is 5.92 Å². The molecule has 1 aromatic rings. The standard InChI is InChI=1S/C16H28N4O.ClH/c1-12(2)15-11-14(18-19(15)4)16(21)20-9-6-13(7-10-20)5-8-17-3;/h11-13,17H,5-10H2,1-4H3;1H. The van der Waals surface area contributed by atoms with Crippen molar-refractivity contribution in [2.24, 2.45) is 13.0 Å². The number of carbonyl (C=O) groups is 1. The molecular formula is C16H29ClN4O. The van der Waals surface area contributed by atoms with E-state index in [0.717, 1.165) is 44.1 Å². The van der Waals surface area contributed by atoms with Crippen LogP contribution < -0.4 is 5.32 Å². The van der Waals surface area contributed by atoms with E-state index in [2.05, 4.69) is 24.3 Å². The molecule has 1 aliphatic rings. The van der Waals surface area contributed by atoms with Crippen molar-refractivity contribution >= 4 is 18.3 Å². The fourth-order valence-electron chi connectivity index (χ4n) is 3.06. The Balaban J connectivity index is 0.00000242. The topological polar surface area (TPSA) is 50.2 Å². The summed E-state index contributed by atoms with van der Waals surface area (Å²) < 4.78 is 1.83. The summed E-state index contributed by atoms with van der Waals surface area (Å²) in [5, 5.41) is 7.59. The maximum absolute atomic E-state index is 12.5. The number of piperidine rings is 1. The van der Waals surface area contributed by atoms with Crippen molar-refractivity contribution < 1.29 is 4.79 Å². The van der Waals surface area contributed by atoms with Gasteiger partial charge in [0.2, 0.25) is 0 Å². The van der Waals surface area contributed by atoms with Gasteiger partial charge in [0.15, 0.2) is 5.69 Å². The van der Waals surface area contributed by atoms with E-state index in [1.54, 1.807) is 0 Å². The van der Waals surface area contributed by atoms with Gasteiger partial charge in [0.25, 0.3) is 5.91 Å². The highest BCUT2D eigenvalue weighted by Crippen LogP contribution is 2.22. The molecule has 0 spiro atoms. The molecule has 1 aromatic heterocycles. The average Bonchev–Trinajstić information content (AvgIpc) is 2.87. The van der Waals surface area contributed by atoms with Gasteiger partial charge < -0.3 is 10.2 Å². The lowest BCUT2D eigenvalue weighted by molar-refractivity contribution is 0.0680. The lowest BCUT2D eigenvalue weighted by Crippen LogP contribution is -2.39. The summed E-state index contributed by atoms with van der Waals surface area (Å²) in [5.74, 6) is 1.22. The Morgan fingerprint density at radius 2 is 2.05 bits per heavy atom. The number of aromatic nitrogens is 2. The predicted octanol–water partition coefficient (Wildman–Crippen LogP) is 2.43. The van der Waals surface area contributed by atoms with Crippen molar-refractivity contribution in [3.8, 4) is 0 Å². The summed E-state index contributed by atoms with van der Waals surface area (Å²) in [5.41, 5.74) is 1.71. The van der Waals surface area contributed by atoms with Crippen molar-refractivity contribution in [3.63, 3.8) is 0 Å². The number of hydrogen-bond acceptors (Lipinski definition) is 3. The quantitative estimate of drug-likeness (QED) is 0.903. The van der Waals surface area contributed by atoms with E-state index in [0.29, 0.717) is 11.6 Å². The predicted molar refractivity (Wildman–Crippen MR) is 91.7 cm³/mol. The van der Waals surface area contributed by atoms with Crippen LogP contribution >= 0.6 is 12.4 Å². The second kappa shape index (κ2) is 8.53. The molecular weight excluding hydrogens is 300 g/mol. The van der Waals surface area contributed by atoms with E-state index in [-0.39, 0.29) is 18.3 Å². The summed E-state index contributed by atoms with van der Waals surface area (Å²) in [6.07, 6.45) is 3.42. The van der Waals surface area contributed by atoms with Gasteiger partial charge in [0.1, 0.15) is 0 Å². The summed E-state index contributed by atoms with van der Waals surface area (Å²) >= 11 is 0. The Bertz CT molecular complexity index is 478. The first-order chi connectivity index (χ1) is 10.0. The molecule has 1 N–H and O–H groups in total. The largest absolute Gasteiger partial charge is 0.337 e.